The molecule has 0 spiro atoms. The van der Waals surface area contributed by atoms with Crippen molar-refractivity contribution in [3.05, 3.63) is 48.3 Å². The number of nitrogens with zero attached hydrogens (tertiary/aromatic N) is 2. The van der Waals surface area contributed by atoms with E-state index in [2.05, 4.69) is 15.3 Å². The molecule has 0 aliphatic rings. The molecule has 0 unspecified atom stereocenters. The zero-order valence-corrected chi connectivity index (χ0v) is 15.8. The smallest absolute Gasteiger partial charge is 0.444 e. The number of carbonyl (C=O) groups excluding carboxylic acids is 1. The summed E-state index contributed by atoms with van der Waals surface area (Å²) in [6.45, 7) is 6.63. The molecule has 1 aromatic carbocycles. The van der Waals surface area contributed by atoms with E-state index < -0.39 is 24.4 Å². The quantitative estimate of drug-likeness (QED) is 0.630. The van der Waals surface area contributed by atoms with Gasteiger partial charge in [0.05, 0.1) is 11.2 Å². The Morgan fingerprint density at radius 1 is 1.15 bits per heavy atom. The van der Waals surface area contributed by atoms with Gasteiger partial charge in [-0.1, -0.05) is 30.3 Å². The zero-order valence-electron chi connectivity index (χ0n) is 15.8. The number of aromatic nitrogens is 2. The molecular weight excluding hydrogens is 349 g/mol. The predicted molar refractivity (Wildman–Crippen MR) is 101 cm³/mol. The van der Waals surface area contributed by atoms with Gasteiger partial charge in [-0.25, -0.2) is 14.8 Å². The Morgan fingerprint density at radius 3 is 2.30 bits per heavy atom. The molecule has 0 atom stereocenters. The number of benzene rings is 1. The third-order valence-corrected chi connectivity index (χ3v) is 4.26. The third-order valence-electron chi connectivity index (χ3n) is 4.26. The highest BCUT2D eigenvalue weighted by Crippen LogP contribution is 2.25. The second-order valence-electron chi connectivity index (χ2n) is 7.07. The fourth-order valence-corrected chi connectivity index (χ4v) is 1.87. The van der Waals surface area contributed by atoms with Gasteiger partial charge in [-0.3, -0.25) is 5.32 Å². The normalized spacial score (nSPS) is 11.8. The van der Waals surface area contributed by atoms with Crippen molar-refractivity contribution < 1.29 is 24.3 Å². The molecule has 3 N–H and O–H groups in total. The van der Waals surface area contributed by atoms with Crippen LogP contribution in [0.5, 0.6) is 0 Å². The van der Waals surface area contributed by atoms with E-state index in [9.17, 15) is 14.9 Å². The molecule has 0 aliphatic carbocycles. The minimum Gasteiger partial charge on any atom is -0.444 e. The number of anilines is 1. The molecule has 1 amide bonds. The molecule has 0 saturated carbocycles. The van der Waals surface area contributed by atoms with E-state index >= 15 is 0 Å². The van der Waals surface area contributed by atoms with Crippen LogP contribution in [0.4, 0.5) is 10.7 Å². The van der Waals surface area contributed by atoms with Crippen LogP contribution in [0.15, 0.2) is 42.7 Å². The van der Waals surface area contributed by atoms with Crippen molar-refractivity contribution in [3.8, 4) is 0 Å². The lowest BCUT2D eigenvalue weighted by atomic mass is 9.78. The van der Waals surface area contributed by atoms with Crippen LogP contribution in [0.2, 0.25) is 0 Å². The van der Waals surface area contributed by atoms with Crippen molar-refractivity contribution in [3.63, 3.8) is 0 Å². The van der Waals surface area contributed by atoms with Gasteiger partial charge in [0.15, 0.2) is 0 Å². The molecule has 0 fully saturated rings. The van der Waals surface area contributed by atoms with Crippen molar-refractivity contribution in [1.82, 2.24) is 9.97 Å². The average molecular weight is 373 g/mol. The highest BCUT2D eigenvalue weighted by molar-refractivity contribution is 6.59. The lowest BCUT2D eigenvalue weighted by molar-refractivity contribution is -0.0982. The maximum Gasteiger partial charge on any atom is 0.494 e. The second-order valence-corrected chi connectivity index (χ2v) is 7.07. The van der Waals surface area contributed by atoms with Crippen molar-refractivity contribution in [2.24, 2.45) is 0 Å². The van der Waals surface area contributed by atoms with Gasteiger partial charge >= 0.3 is 13.2 Å². The van der Waals surface area contributed by atoms with E-state index in [1.165, 1.54) is 12.4 Å². The Balaban J connectivity index is 1.89. The van der Waals surface area contributed by atoms with Crippen molar-refractivity contribution >= 4 is 24.6 Å². The van der Waals surface area contributed by atoms with Crippen molar-refractivity contribution in [2.75, 3.05) is 5.32 Å². The number of hydrogen-bond acceptors (Lipinski definition) is 7. The van der Waals surface area contributed by atoms with Gasteiger partial charge in [0.25, 0.3) is 0 Å². The third kappa shape index (κ3) is 6.02. The summed E-state index contributed by atoms with van der Waals surface area (Å²) in [4.78, 5) is 19.7. The Hall–Kier alpha value is -2.49. The van der Waals surface area contributed by atoms with E-state index in [4.69, 9.17) is 9.39 Å². The average Bonchev–Trinajstić information content (AvgIpc) is 2.60. The molecule has 0 radical (unpaired) electrons. The molecule has 0 saturated heterocycles. The number of amides is 1. The standard InChI is InChI=1S/C18H24BN3O5/c1-17(2,24)18(3,4)27-19(25)14-10-20-15(21-11-14)22-16(23)26-12-13-8-6-5-7-9-13/h5-11,24-25H,12H2,1-4H3,(H,20,21,22,23). The van der Waals surface area contributed by atoms with Crippen LogP contribution in [0.3, 0.4) is 0 Å². The number of aliphatic hydroxyl groups is 1. The summed E-state index contributed by atoms with van der Waals surface area (Å²) in [6.07, 6.45) is 1.96. The number of hydrogen-bond donors (Lipinski definition) is 3. The van der Waals surface area contributed by atoms with E-state index in [1.807, 2.05) is 30.3 Å². The minimum absolute atomic E-state index is 0.0331. The summed E-state index contributed by atoms with van der Waals surface area (Å²) in [7, 11) is -1.33. The summed E-state index contributed by atoms with van der Waals surface area (Å²) in [5.41, 5.74) is -1.03. The molecule has 1 aromatic heterocycles. The molecule has 0 aliphatic heterocycles. The summed E-state index contributed by atoms with van der Waals surface area (Å²) >= 11 is 0. The Bertz CT molecular complexity index is 748. The molecular formula is C18H24BN3O5. The Morgan fingerprint density at radius 2 is 1.74 bits per heavy atom. The highest BCUT2D eigenvalue weighted by atomic mass is 16.6. The fraction of sp³-hybridized carbons (Fsp3) is 0.389. The van der Waals surface area contributed by atoms with E-state index in [-0.39, 0.29) is 18.0 Å². The lowest BCUT2D eigenvalue weighted by Gasteiger charge is -2.38. The Labute approximate surface area is 158 Å². The van der Waals surface area contributed by atoms with Crippen LogP contribution < -0.4 is 10.8 Å². The lowest BCUT2D eigenvalue weighted by Crippen LogP contribution is -2.53. The van der Waals surface area contributed by atoms with Crippen LogP contribution in [-0.2, 0) is 16.0 Å². The number of carbonyl (C=O) groups is 1. The second kappa shape index (κ2) is 8.47. The van der Waals surface area contributed by atoms with Crippen LogP contribution >= 0.6 is 0 Å². The van der Waals surface area contributed by atoms with E-state index in [0.29, 0.717) is 0 Å². The summed E-state index contributed by atoms with van der Waals surface area (Å²) < 4.78 is 10.6. The maximum absolute atomic E-state index is 11.8. The molecule has 9 heteroatoms. The first-order valence-corrected chi connectivity index (χ1v) is 8.46. The fourth-order valence-electron chi connectivity index (χ4n) is 1.87. The largest absolute Gasteiger partial charge is 0.494 e. The number of ether oxygens (including phenoxy) is 1. The highest BCUT2D eigenvalue weighted by Gasteiger charge is 2.39. The maximum atomic E-state index is 11.8. The Kier molecular flexibility index (Phi) is 6.53. The van der Waals surface area contributed by atoms with Crippen molar-refractivity contribution in [2.45, 2.75) is 45.5 Å². The topological polar surface area (TPSA) is 114 Å². The number of nitrogens with one attached hydrogen (secondary N) is 1. The van der Waals surface area contributed by atoms with Gasteiger partial charge in [-0.05, 0) is 33.3 Å². The predicted octanol–water partition coefficient (Wildman–Crippen LogP) is 1.48. The van der Waals surface area contributed by atoms with Gasteiger partial charge in [0.2, 0.25) is 5.95 Å². The van der Waals surface area contributed by atoms with E-state index in [1.54, 1.807) is 27.7 Å². The summed E-state index contributed by atoms with van der Waals surface area (Å²) in [5, 5.41) is 22.7. The van der Waals surface area contributed by atoms with Crippen LogP contribution in [0.25, 0.3) is 0 Å². The molecule has 1 heterocycles. The molecule has 27 heavy (non-hydrogen) atoms. The zero-order chi connectivity index (χ0) is 20.1. The van der Waals surface area contributed by atoms with Gasteiger partial charge in [0, 0.05) is 17.9 Å². The first kappa shape index (κ1) is 20.8. The monoisotopic (exact) mass is 373 g/mol. The molecule has 8 nitrogen and oxygen atoms in total. The van der Waals surface area contributed by atoms with Gasteiger partial charge in [-0.15, -0.1) is 0 Å². The van der Waals surface area contributed by atoms with E-state index in [0.717, 1.165) is 5.56 Å². The SMILES string of the molecule is CC(C)(O)C(C)(C)OB(O)c1cnc(NC(=O)OCc2ccccc2)nc1. The first-order valence-electron chi connectivity index (χ1n) is 8.46. The van der Waals surface area contributed by atoms with Crippen molar-refractivity contribution in [1.29, 1.82) is 0 Å². The van der Waals surface area contributed by atoms with Crippen LogP contribution in [0, 0.1) is 0 Å². The van der Waals surface area contributed by atoms with Crippen LogP contribution in [-0.4, -0.2) is 44.5 Å². The first-order chi connectivity index (χ1) is 12.6. The minimum atomic E-state index is -1.33. The van der Waals surface area contributed by atoms with Gasteiger partial charge in [0.1, 0.15) is 6.61 Å². The number of rotatable bonds is 7. The molecule has 144 valence electrons. The molecule has 2 rings (SSSR count). The summed E-state index contributed by atoms with van der Waals surface area (Å²) in [5.74, 6) is 0.0331. The molecule has 0 bridgehead atoms. The van der Waals surface area contributed by atoms with Gasteiger partial charge < -0.3 is 19.5 Å². The van der Waals surface area contributed by atoms with Crippen LogP contribution in [0.1, 0.15) is 33.3 Å². The molecule has 2 aromatic rings. The van der Waals surface area contributed by atoms with Gasteiger partial charge in [-0.2, -0.15) is 0 Å². The summed E-state index contributed by atoms with van der Waals surface area (Å²) in [6, 6.07) is 9.26.